The Bertz CT molecular complexity index is 459. The molecule has 2 heteroatoms. The van der Waals surface area contributed by atoms with Crippen LogP contribution in [0.1, 0.15) is 37.4 Å². The third kappa shape index (κ3) is 3.47. The average molecular weight is 242 g/mol. The van der Waals surface area contributed by atoms with Crippen LogP contribution in [0.5, 0.6) is 0 Å². The van der Waals surface area contributed by atoms with Crippen LogP contribution in [0.4, 0.5) is 0 Å². The molecule has 0 bridgehead atoms. The van der Waals surface area contributed by atoms with E-state index in [2.05, 4.69) is 72.5 Å². The lowest BCUT2D eigenvalue weighted by Crippen LogP contribution is -2.17. The second kappa shape index (κ2) is 6.41. The van der Waals surface area contributed by atoms with Crippen molar-refractivity contribution in [3.8, 4) is 0 Å². The zero-order valence-electron chi connectivity index (χ0n) is 11.3. The molecule has 1 N–H and O–H groups in total. The predicted octanol–water partition coefficient (Wildman–Crippen LogP) is 3.75. The molecule has 0 amide bonds. The molecule has 2 aromatic rings. The topological polar surface area (TPSA) is 17.0 Å². The van der Waals surface area contributed by atoms with Crippen molar-refractivity contribution >= 4 is 0 Å². The van der Waals surface area contributed by atoms with E-state index in [1.54, 1.807) is 0 Å². The van der Waals surface area contributed by atoms with Gasteiger partial charge in [-0.2, -0.15) is 0 Å². The number of hydrogen-bond donors (Lipinski definition) is 1. The normalized spacial score (nSPS) is 12.6. The highest BCUT2D eigenvalue weighted by Crippen LogP contribution is 2.12. The average Bonchev–Trinajstić information content (AvgIpc) is 2.85. The molecule has 18 heavy (non-hydrogen) atoms. The molecule has 2 nitrogen and oxygen atoms in total. The molecule has 1 heterocycles. The van der Waals surface area contributed by atoms with E-state index in [1.807, 2.05) is 0 Å². The summed E-state index contributed by atoms with van der Waals surface area (Å²) in [4.78, 5) is 0. The molecule has 0 saturated carbocycles. The molecule has 0 aliphatic heterocycles. The Morgan fingerprint density at radius 2 is 1.94 bits per heavy atom. The number of hydrogen-bond acceptors (Lipinski definition) is 1. The fraction of sp³-hybridized carbons (Fsp3) is 0.375. The molecule has 0 spiro atoms. The van der Waals surface area contributed by atoms with Gasteiger partial charge in [-0.3, -0.25) is 0 Å². The van der Waals surface area contributed by atoms with Crippen LogP contribution < -0.4 is 5.32 Å². The summed E-state index contributed by atoms with van der Waals surface area (Å²) in [5, 5.41) is 3.56. The molecule has 0 fully saturated rings. The van der Waals surface area contributed by atoms with Gasteiger partial charge in [0, 0.05) is 31.5 Å². The van der Waals surface area contributed by atoms with Gasteiger partial charge in [0.2, 0.25) is 0 Å². The van der Waals surface area contributed by atoms with Gasteiger partial charge in [-0.15, -0.1) is 0 Å². The predicted molar refractivity (Wildman–Crippen MR) is 76.4 cm³/mol. The molecule has 0 aliphatic carbocycles. The van der Waals surface area contributed by atoms with Crippen LogP contribution in [0.15, 0.2) is 48.8 Å². The summed E-state index contributed by atoms with van der Waals surface area (Å²) < 4.78 is 2.25. The van der Waals surface area contributed by atoms with Crippen molar-refractivity contribution in [3.05, 3.63) is 59.9 Å². The third-order valence-electron chi connectivity index (χ3n) is 3.21. The van der Waals surface area contributed by atoms with Crippen molar-refractivity contribution in [1.29, 1.82) is 0 Å². The maximum Gasteiger partial charge on any atom is 0.0294 e. The Kier molecular flexibility index (Phi) is 4.59. The molecule has 0 saturated heterocycles. The SMILES string of the molecule is CCCn1ccc(CN[C@@H](C)c2ccccc2)c1. The van der Waals surface area contributed by atoms with E-state index in [1.165, 1.54) is 17.5 Å². The minimum absolute atomic E-state index is 0.390. The van der Waals surface area contributed by atoms with Gasteiger partial charge in [-0.1, -0.05) is 37.3 Å². The van der Waals surface area contributed by atoms with Crippen molar-refractivity contribution in [3.63, 3.8) is 0 Å². The van der Waals surface area contributed by atoms with E-state index >= 15 is 0 Å². The molecular formula is C16H22N2. The molecular weight excluding hydrogens is 220 g/mol. The number of rotatable bonds is 6. The van der Waals surface area contributed by atoms with Gasteiger partial charge < -0.3 is 9.88 Å². The van der Waals surface area contributed by atoms with Crippen LogP contribution in [0.3, 0.4) is 0 Å². The summed E-state index contributed by atoms with van der Waals surface area (Å²) in [5.41, 5.74) is 2.69. The molecule has 0 aliphatic rings. The zero-order valence-corrected chi connectivity index (χ0v) is 11.3. The highest BCUT2D eigenvalue weighted by Gasteiger charge is 2.04. The van der Waals surface area contributed by atoms with Crippen molar-refractivity contribution < 1.29 is 0 Å². The third-order valence-corrected chi connectivity index (χ3v) is 3.21. The molecule has 2 rings (SSSR count). The molecule has 1 atom stereocenters. The van der Waals surface area contributed by atoms with Crippen LogP contribution in [-0.4, -0.2) is 4.57 Å². The first-order chi connectivity index (χ1) is 8.79. The minimum Gasteiger partial charge on any atom is -0.354 e. The molecule has 1 aromatic heterocycles. The van der Waals surface area contributed by atoms with Crippen LogP contribution >= 0.6 is 0 Å². The highest BCUT2D eigenvalue weighted by atomic mass is 14.9. The second-order valence-electron chi connectivity index (χ2n) is 4.77. The first-order valence-electron chi connectivity index (χ1n) is 6.72. The van der Waals surface area contributed by atoms with Gasteiger partial charge in [0.15, 0.2) is 0 Å². The smallest absolute Gasteiger partial charge is 0.0294 e. The summed E-state index contributed by atoms with van der Waals surface area (Å²) >= 11 is 0. The van der Waals surface area contributed by atoms with E-state index in [4.69, 9.17) is 0 Å². The quantitative estimate of drug-likeness (QED) is 0.816. The van der Waals surface area contributed by atoms with Crippen LogP contribution in [-0.2, 0) is 13.1 Å². The van der Waals surface area contributed by atoms with Gasteiger partial charge in [-0.25, -0.2) is 0 Å². The summed E-state index contributed by atoms with van der Waals surface area (Å²) in [5.74, 6) is 0. The van der Waals surface area contributed by atoms with Crippen molar-refractivity contribution in [2.75, 3.05) is 0 Å². The lowest BCUT2D eigenvalue weighted by Gasteiger charge is -2.13. The Morgan fingerprint density at radius 1 is 1.17 bits per heavy atom. The van der Waals surface area contributed by atoms with Crippen molar-refractivity contribution in [2.45, 2.75) is 39.4 Å². The maximum atomic E-state index is 3.56. The number of nitrogens with zero attached hydrogens (tertiary/aromatic N) is 1. The molecule has 0 radical (unpaired) electrons. The lowest BCUT2D eigenvalue weighted by molar-refractivity contribution is 0.573. The molecule has 1 aromatic carbocycles. The standard InChI is InChI=1S/C16H22N2/c1-3-10-18-11-9-15(13-18)12-17-14(2)16-7-5-4-6-8-16/h4-9,11,13-14,17H,3,10,12H2,1-2H3/t14-/m0/s1. The van der Waals surface area contributed by atoms with Crippen LogP contribution in [0.2, 0.25) is 0 Å². The van der Waals surface area contributed by atoms with Gasteiger partial charge in [0.25, 0.3) is 0 Å². The van der Waals surface area contributed by atoms with Gasteiger partial charge in [0.05, 0.1) is 0 Å². The summed E-state index contributed by atoms with van der Waals surface area (Å²) in [6, 6.07) is 13.2. The number of nitrogens with one attached hydrogen (secondary N) is 1. The highest BCUT2D eigenvalue weighted by molar-refractivity contribution is 5.18. The first kappa shape index (κ1) is 12.9. The van der Waals surface area contributed by atoms with E-state index in [9.17, 15) is 0 Å². The maximum absolute atomic E-state index is 3.56. The minimum atomic E-state index is 0.390. The summed E-state index contributed by atoms with van der Waals surface area (Å²) in [7, 11) is 0. The second-order valence-corrected chi connectivity index (χ2v) is 4.77. The number of aromatic nitrogens is 1. The van der Waals surface area contributed by atoms with Crippen LogP contribution in [0.25, 0.3) is 0 Å². The fourth-order valence-electron chi connectivity index (χ4n) is 2.12. The van der Waals surface area contributed by atoms with Gasteiger partial charge >= 0.3 is 0 Å². The van der Waals surface area contributed by atoms with Crippen molar-refractivity contribution in [1.82, 2.24) is 9.88 Å². The van der Waals surface area contributed by atoms with E-state index in [-0.39, 0.29) is 0 Å². The monoisotopic (exact) mass is 242 g/mol. The Labute approximate surface area is 110 Å². The number of aryl methyl sites for hydroxylation is 1. The fourth-order valence-corrected chi connectivity index (χ4v) is 2.12. The van der Waals surface area contributed by atoms with Gasteiger partial charge in [-0.05, 0) is 30.5 Å². The summed E-state index contributed by atoms with van der Waals surface area (Å²) in [6.07, 6.45) is 5.57. The molecule has 0 unspecified atom stereocenters. The lowest BCUT2D eigenvalue weighted by atomic mass is 10.1. The zero-order chi connectivity index (χ0) is 12.8. The number of benzene rings is 1. The molecule has 96 valence electrons. The Balaban J connectivity index is 1.87. The van der Waals surface area contributed by atoms with Crippen molar-refractivity contribution in [2.24, 2.45) is 0 Å². The largest absolute Gasteiger partial charge is 0.354 e. The van der Waals surface area contributed by atoms with Crippen LogP contribution in [0, 0.1) is 0 Å². The van der Waals surface area contributed by atoms with E-state index in [0.29, 0.717) is 6.04 Å². The summed E-state index contributed by atoms with van der Waals surface area (Å²) in [6.45, 7) is 6.44. The first-order valence-corrected chi connectivity index (χ1v) is 6.72. The van der Waals surface area contributed by atoms with Gasteiger partial charge in [0.1, 0.15) is 0 Å². The van der Waals surface area contributed by atoms with E-state index < -0.39 is 0 Å². The Hall–Kier alpha value is -1.54. The van der Waals surface area contributed by atoms with E-state index in [0.717, 1.165) is 13.1 Å². The Morgan fingerprint density at radius 3 is 2.67 bits per heavy atom.